The zero-order valence-electron chi connectivity index (χ0n) is 9.30. The molecule has 1 heterocycles. The molecule has 0 aromatic carbocycles. The average Bonchev–Trinajstić information content (AvgIpc) is 2.27. The maximum Gasteiger partial charge on any atom is 0.390 e. The topological polar surface area (TPSA) is 75.9 Å². The fourth-order valence-electron chi connectivity index (χ4n) is 1.35. The van der Waals surface area contributed by atoms with E-state index in [9.17, 15) is 13.2 Å². The van der Waals surface area contributed by atoms with Gasteiger partial charge in [0.1, 0.15) is 18.0 Å². The second-order valence-corrected chi connectivity index (χ2v) is 3.34. The van der Waals surface area contributed by atoms with Crippen molar-refractivity contribution in [2.45, 2.75) is 25.9 Å². The molecule has 8 heteroatoms. The molecule has 0 atom stereocenters. The average molecular weight is 249 g/mol. The highest BCUT2D eigenvalue weighted by Gasteiger charge is 2.26. The SMILES string of the molecule is CCc1c(NN)ncnc1NCCC(F)(F)F. The minimum Gasteiger partial charge on any atom is -0.369 e. The van der Waals surface area contributed by atoms with Gasteiger partial charge in [-0.15, -0.1) is 0 Å². The normalized spacial score (nSPS) is 11.4. The Morgan fingerprint density at radius 1 is 1.29 bits per heavy atom. The molecule has 0 bridgehead atoms. The number of hydrazine groups is 1. The number of nitrogens with one attached hydrogen (secondary N) is 2. The van der Waals surface area contributed by atoms with Crippen LogP contribution in [0.1, 0.15) is 18.9 Å². The summed E-state index contributed by atoms with van der Waals surface area (Å²) >= 11 is 0. The van der Waals surface area contributed by atoms with Gasteiger partial charge in [-0.25, -0.2) is 15.8 Å². The van der Waals surface area contributed by atoms with E-state index in [-0.39, 0.29) is 6.54 Å². The summed E-state index contributed by atoms with van der Waals surface area (Å²) < 4.78 is 35.9. The molecule has 0 aliphatic rings. The van der Waals surface area contributed by atoms with Crippen molar-refractivity contribution in [3.63, 3.8) is 0 Å². The summed E-state index contributed by atoms with van der Waals surface area (Å²) in [6, 6.07) is 0. The Labute approximate surface area is 96.6 Å². The van der Waals surface area contributed by atoms with Crippen molar-refractivity contribution in [1.29, 1.82) is 0 Å². The van der Waals surface area contributed by atoms with E-state index in [1.54, 1.807) is 0 Å². The predicted molar refractivity (Wildman–Crippen MR) is 58.4 cm³/mol. The van der Waals surface area contributed by atoms with Crippen molar-refractivity contribution in [3.05, 3.63) is 11.9 Å². The number of nitrogens with two attached hydrogens (primary N) is 1. The van der Waals surface area contributed by atoms with Gasteiger partial charge in [0.15, 0.2) is 0 Å². The number of aromatic nitrogens is 2. The van der Waals surface area contributed by atoms with Crippen molar-refractivity contribution in [2.75, 3.05) is 17.3 Å². The highest BCUT2D eigenvalue weighted by molar-refractivity contribution is 5.56. The van der Waals surface area contributed by atoms with E-state index in [1.807, 2.05) is 6.92 Å². The maximum atomic E-state index is 12.0. The molecule has 17 heavy (non-hydrogen) atoms. The van der Waals surface area contributed by atoms with Crippen molar-refractivity contribution in [1.82, 2.24) is 9.97 Å². The number of nitrogen functional groups attached to an aromatic ring is 1. The molecule has 0 amide bonds. The second-order valence-electron chi connectivity index (χ2n) is 3.34. The number of halogens is 3. The minimum atomic E-state index is -4.18. The quantitative estimate of drug-likeness (QED) is 0.547. The highest BCUT2D eigenvalue weighted by atomic mass is 19.4. The molecular weight excluding hydrogens is 235 g/mol. The molecule has 96 valence electrons. The second kappa shape index (κ2) is 5.67. The van der Waals surface area contributed by atoms with Gasteiger partial charge in [-0.05, 0) is 6.42 Å². The number of anilines is 2. The molecule has 0 fully saturated rings. The Hall–Kier alpha value is -1.57. The smallest absolute Gasteiger partial charge is 0.369 e. The van der Waals surface area contributed by atoms with Crippen molar-refractivity contribution in [3.8, 4) is 0 Å². The van der Waals surface area contributed by atoms with Crippen molar-refractivity contribution in [2.24, 2.45) is 5.84 Å². The number of rotatable bonds is 5. The lowest BCUT2D eigenvalue weighted by atomic mass is 10.2. The van der Waals surface area contributed by atoms with Crippen LogP contribution in [0.2, 0.25) is 0 Å². The van der Waals surface area contributed by atoms with Crippen molar-refractivity contribution >= 4 is 11.6 Å². The van der Waals surface area contributed by atoms with Gasteiger partial charge in [-0.2, -0.15) is 13.2 Å². The Morgan fingerprint density at radius 3 is 2.47 bits per heavy atom. The third kappa shape index (κ3) is 4.06. The lowest BCUT2D eigenvalue weighted by molar-refractivity contribution is -0.131. The lowest BCUT2D eigenvalue weighted by Gasteiger charge is -2.13. The maximum absolute atomic E-state index is 12.0. The summed E-state index contributed by atoms with van der Waals surface area (Å²) in [5.74, 6) is 6.03. The van der Waals surface area contributed by atoms with Crippen molar-refractivity contribution < 1.29 is 13.2 Å². The van der Waals surface area contributed by atoms with Gasteiger partial charge in [-0.3, -0.25) is 0 Å². The summed E-state index contributed by atoms with van der Waals surface area (Å²) in [6.07, 6.45) is -3.29. The zero-order chi connectivity index (χ0) is 12.9. The van der Waals surface area contributed by atoms with Crippen LogP contribution in [0.3, 0.4) is 0 Å². The van der Waals surface area contributed by atoms with Crippen LogP contribution >= 0.6 is 0 Å². The molecular formula is C9H14F3N5. The fourth-order valence-corrected chi connectivity index (χ4v) is 1.35. The van der Waals surface area contributed by atoms with Gasteiger partial charge in [0.2, 0.25) is 0 Å². The summed E-state index contributed by atoms with van der Waals surface area (Å²) in [6.45, 7) is 1.62. The number of hydrogen-bond donors (Lipinski definition) is 3. The van der Waals surface area contributed by atoms with Gasteiger partial charge < -0.3 is 10.7 Å². The van der Waals surface area contributed by atoms with E-state index in [0.717, 1.165) is 0 Å². The van der Waals surface area contributed by atoms with Crippen LogP contribution < -0.4 is 16.6 Å². The molecule has 1 aromatic heterocycles. The highest BCUT2D eigenvalue weighted by Crippen LogP contribution is 2.22. The summed E-state index contributed by atoms with van der Waals surface area (Å²) in [4.78, 5) is 7.77. The molecule has 0 radical (unpaired) electrons. The molecule has 0 aliphatic carbocycles. The number of hydrogen-bond acceptors (Lipinski definition) is 5. The van der Waals surface area contributed by atoms with Gasteiger partial charge in [0.25, 0.3) is 0 Å². The Balaban J connectivity index is 2.70. The Bertz CT molecular complexity index is 366. The minimum absolute atomic E-state index is 0.225. The molecule has 0 saturated carbocycles. The van der Waals surface area contributed by atoms with Gasteiger partial charge in [-0.1, -0.05) is 6.92 Å². The first-order valence-corrected chi connectivity index (χ1v) is 5.09. The first-order chi connectivity index (χ1) is 7.98. The van der Waals surface area contributed by atoms with E-state index in [0.29, 0.717) is 23.6 Å². The third-order valence-electron chi connectivity index (χ3n) is 2.14. The third-order valence-corrected chi connectivity index (χ3v) is 2.14. The molecule has 0 unspecified atom stereocenters. The molecule has 1 aromatic rings. The Morgan fingerprint density at radius 2 is 1.94 bits per heavy atom. The molecule has 0 saturated heterocycles. The van der Waals surface area contributed by atoms with E-state index in [1.165, 1.54) is 6.33 Å². The van der Waals surface area contributed by atoms with Crippen LogP contribution in [0.5, 0.6) is 0 Å². The van der Waals surface area contributed by atoms with Crippen LogP contribution in [0, 0.1) is 0 Å². The van der Waals surface area contributed by atoms with Gasteiger partial charge in [0.05, 0.1) is 6.42 Å². The van der Waals surface area contributed by atoms with Crippen LogP contribution in [-0.2, 0) is 6.42 Å². The monoisotopic (exact) mass is 249 g/mol. The fraction of sp³-hybridized carbons (Fsp3) is 0.556. The van der Waals surface area contributed by atoms with Crippen LogP contribution in [0.15, 0.2) is 6.33 Å². The van der Waals surface area contributed by atoms with E-state index < -0.39 is 12.6 Å². The standard InChI is InChI=1S/C9H14F3N5/c1-2-6-7(14-4-3-9(10,11)12)15-5-16-8(6)17-13/h5H,2-4,13H2,1H3,(H2,14,15,16,17). The first kappa shape index (κ1) is 13.5. The largest absolute Gasteiger partial charge is 0.390 e. The first-order valence-electron chi connectivity index (χ1n) is 5.09. The zero-order valence-corrected chi connectivity index (χ0v) is 9.30. The Kier molecular flexibility index (Phi) is 4.50. The van der Waals surface area contributed by atoms with E-state index >= 15 is 0 Å². The van der Waals surface area contributed by atoms with Crippen LogP contribution in [-0.4, -0.2) is 22.7 Å². The lowest BCUT2D eigenvalue weighted by Crippen LogP contribution is -2.17. The number of nitrogens with zero attached hydrogens (tertiary/aromatic N) is 2. The molecule has 0 spiro atoms. The van der Waals surface area contributed by atoms with E-state index in [2.05, 4.69) is 20.7 Å². The van der Waals surface area contributed by atoms with E-state index in [4.69, 9.17) is 5.84 Å². The van der Waals surface area contributed by atoms with Crippen LogP contribution in [0.4, 0.5) is 24.8 Å². The van der Waals surface area contributed by atoms with Crippen LogP contribution in [0.25, 0.3) is 0 Å². The van der Waals surface area contributed by atoms with Gasteiger partial charge in [0, 0.05) is 12.1 Å². The molecule has 4 N–H and O–H groups in total. The summed E-state index contributed by atoms with van der Waals surface area (Å²) in [5.41, 5.74) is 3.04. The molecule has 1 rings (SSSR count). The number of alkyl halides is 3. The van der Waals surface area contributed by atoms with Gasteiger partial charge >= 0.3 is 6.18 Å². The molecule has 5 nitrogen and oxygen atoms in total. The molecule has 0 aliphatic heterocycles. The summed E-state index contributed by atoms with van der Waals surface area (Å²) in [7, 11) is 0. The summed E-state index contributed by atoms with van der Waals surface area (Å²) in [5, 5.41) is 2.63. The predicted octanol–water partition coefficient (Wildman–Crippen LogP) is 1.69.